The lowest BCUT2D eigenvalue weighted by atomic mass is 10.0. The van der Waals surface area contributed by atoms with Crippen molar-refractivity contribution < 1.29 is 9.47 Å². The fourth-order valence-electron chi connectivity index (χ4n) is 3.27. The van der Waals surface area contributed by atoms with Gasteiger partial charge in [0.15, 0.2) is 0 Å². The van der Waals surface area contributed by atoms with Crippen LogP contribution in [0.2, 0.25) is 0 Å². The summed E-state index contributed by atoms with van der Waals surface area (Å²) in [6.45, 7) is 11.1. The van der Waals surface area contributed by atoms with Crippen LogP contribution in [-0.4, -0.2) is 75.5 Å². The Labute approximate surface area is 118 Å². The number of ether oxygens (including phenoxy) is 2. The van der Waals surface area contributed by atoms with Crippen molar-refractivity contribution in [2.75, 3.05) is 59.6 Å². The van der Waals surface area contributed by atoms with Crippen molar-refractivity contribution in [1.29, 1.82) is 0 Å². The Morgan fingerprint density at radius 2 is 1.89 bits per heavy atom. The van der Waals surface area contributed by atoms with Crippen LogP contribution in [0.1, 0.15) is 26.2 Å². The molecule has 4 nitrogen and oxygen atoms in total. The smallest absolute Gasteiger partial charge is 0.0674 e. The van der Waals surface area contributed by atoms with Crippen LogP contribution in [0.15, 0.2) is 0 Å². The molecule has 0 aliphatic carbocycles. The summed E-state index contributed by atoms with van der Waals surface area (Å²) in [7, 11) is 1.82. The summed E-state index contributed by atoms with van der Waals surface area (Å²) in [4.78, 5) is 5.18. The quantitative estimate of drug-likeness (QED) is 0.755. The Bertz CT molecular complexity index is 250. The van der Waals surface area contributed by atoms with Gasteiger partial charge in [0.25, 0.3) is 0 Å². The van der Waals surface area contributed by atoms with E-state index in [1.807, 2.05) is 7.11 Å². The maximum Gasteiger partial charge on any atom is 0.0674 e. The van der Waals surface area contributed by atoms with Gasteiger partial charge in [-0.2, -0.15) is 0 Å². The van der Waals surface area contributed by atoms with E-state index in [4.69, 9.17) is 9.47 Å². The third-order valence-corrected chi connectivity index (χ3v) is 4.31. The SMILES string of the molecule is COC[C@H]1CCCCN(CCN2CCO[C@@H](C)C2)C1. The molecule has 2 heterocycles. The summed E-state index contributed by atoms with van der Waals surface area (Å²) in [5.41, 5.74) is 0. The number of likely N-dealkylation sites (tertiary alicyclic amines) is 1. The van der Waals surface area contributed by atoms with Crippen LogP contribution >= 0.6 is 0 Å². The van der Waals surface area contributed by atoms with Crippen molar-refractivity contribution in [3.63, 3.8) is 0 Å². The fraction of sp³-hybridized carbons (Fsp3) is 1.00. The normalized spacial score (nSPS) is 31.3. The van der Waals surface area contributed by atoms with Crippen LogP contribution in [0.4, 0.5) is 0 Å². The van der Waals surface area contributed by atoms with Crippen molar-refractivity contribution in [3.8, 4) is 0 Å². The molecular weight excluding hydrogens is 240 g/mol. The second-order valence-electron chi connectivity index (χ2n) is 6.10. The van der Waals surface area contributed by atoms with Crippen molar-refractivity contribution >= 4 is 0 Å². The van der Waals surface area contributed by atoms with Gasteiger partial charge in [0, 0.05) is 39.8 Å². The summed E-state index contributed by atoms with van der Waals surface area (Å²) in [6, 6.07) is 0. The molecule has 112 valence electrons. The minimum atomic E-state index is 0.402. The van der Waals surface area contributed by atoms with Crippen LogP contribution in [0, 0.1) is 5.92 Å². The highest BCUT2D eigenvalue weighted by atomic mass is 16.5. The number of rotatable bonds is 5. The van der Waals surface area contributed by atoms with Crippen LogP contribution < -0.4 is 0 Å². The molecule has 2 aliphatic heterocycles. The van der Waals surface area contributed by atoms with Gasteiger partial charge in [-0.3, -0.25) is 4.90 Å². The molecule has 19 heavy (non-hydrogen) atoms. The Balaban J connectivity index is 1.71. The molecule has 2 saturated heterocycles. The van der Waals surface area contributed by atoms with Crippen LogP contribution in [0.3, 0.4) is 0 Å². The van der Waals surface area contributed by atoms with Crippen molar-refractivity contribution in [2.24, 2.45) is 5.92 Å². The Morgan fingerprint density at radius 1 is 1.11 bits per heavy atom. The van der Waals surface area contributed by atoms with E-state index in [2.05, 4.69) is 16.7 Å². The third-order valence-electron chi connectivity index (χ3n) is 4.31. The van der Waals surface area contributed by atoms with Crippen LogP contribution in [0.25, 0.3) is 0 Å². The molecular formula is C15H30N2O2. The van der Waals surface area contributed by atoms with Crippen molar-refractivity contribution in [3.05, 3.63) is 0 Å². The first-order valence-electron chi connectivity index (χ1n) is 7.83. The van der Waals surface area contributed by atoms with Crippen LogP contribution in [0.5, 0.6) is 0 Å². The molecule has 0 saturated carbocycles. The molecule has 2 atom stereocenters. The van der Waals surface area contributed by atoms with Gasteiger partial charge in [-0.25, -0.2) is 0 Å². The average Bonchev–Trinajstić information content (AvgIpc) is 2.62. The summed E-state index contributed by atoms with van der Waals surface area (Å²) in [5, 5.41) is 0. The first-order valence-corrected chi connectivity index (χ1v) is 7.83. The first kappa shape index (κ1) is 15.2. The number of hydrogen-bond donors (Lipinski definition) is 0. The fourth-order valence-corrected chi connectivity index (χ4v) is 3.27. The van der Waals surface area contributed by atoms with Gasteiger partial charge in [-0.1, -0.05) is 6.42 Å². The van der Waals surface area contributed by atoms with Gasteiger partial charge in [-0.05, 0) is 32.2 Å². The molecule has 0 N–H and O–H groups in total. The second-order valence-corrected chi connectivity index (χ2v) is 6.10. The van der Waals surface area contributed by atoms with Crippen molar-refractivity contribution in [1.82, 2.24) is 9.80 Å². The predicted molar refractivity (Wildman–Crippen MR) is 77.5 cm³/mol. The molecule has 0 unspecified atom stereocenters. The first-order chi connectivity index (χ1) is 9.28. The number of methoxy groups -OCH3 is 1. The third kappa shape index (κ3) is 5.38. The molecule has 2 fully saturated rings. The molecule has 0 spiro atoms. The molecule has 0 aromatic heterocycles. The standard InChI is InChI=1S/C15H30N2O2/c1-14-11-17(9-10-19-14)8-7-16-6-4-3-5-15(12-16)13-18-2/h14-15H,3-13H2,1-2H3/t14-,15-/m0/s1. The number of hydrogen-bond acceptors (Lipinski definition) is 4. The van der Waals surface area contributed by atoms with Gasteiger partial charge in [0.1, 0.15) is 0 Å². The molecule has 0 aromatic rings. The predicted octanol–water partition coefficient (Wildman–Crippen LogP) is 1.46. The number of nitrogens with zero attached hydrogens (tertiary/aromatic N) is 2. The molecule has 0 aromatic carbocycles. The largest absolute Gasteiger partial charge is 0.384 e. The molecule has 2 aliphatic rings. The zero-order valence-corrected chi connectivity index (χ0v) is 12.6. The highest BCUT2D eigenvalue weighted by Gasteiger charge is 2.20. The minimum absolute atomic E-state index is 0.402. The topological polar surface area (TPSA) is 24.9 Å². The molecule has 0 bridgehead atoms. The summed E-state index contributed by atoms with van der Waals surface area (Å²) >= 11 is 0. The lowest BCUT2D eigenvalue weighted by Gasteiger charge is -2.33. The van der Waals surface area contributed by atoms with E-state index in [1.54, 1.807) is 0 Å². The van der Waals surface area contributed by atoms with E-state index in [9.17, 15) is 0 Å². The van der Waals surface area contributed by atoms with Gasteiger partial charge >= 0.3 is 0 Å². The Kier molecular flexibility index (Phi) is 6.57. The maximum absolute atomic E-state index is 5.60. The zero-order chi connectivity index (χ0) is 13.5. The van der Waals surface area contributed by atoms with Gasteiger partial charge in [0.05, 0.1) is 19.3 Å². The highest BCUT2D eigenvalue weighted by Crippen LogP contribution is 2.16. The molecule has 0 amide bonds. The van der Waals surface area contributed by atoms with E-state index in [0.29, 0.717) is 6.10 Å². The molecule has 4 heteroatoms. The van der Waals surface area contributed by atoms with Crippen LogP contribution in [-0.2, 0) is 9.47 Å². The van der Waals surface area contributed by atoms with Gasteiger partial charge < -0.3 is 14.4 Å². The number of morpholine rings is 1. The van der Waals surface area contributed by atoms with E-state index >= 15 is 0 Å². The Hall–Kier alpha value is -0.160. The average molecular weight is 270 g/mol. The Morgan fingerprint density at radius 3 is 2.63 bits per heavy atom. The van der Waals surface area contributed by atoms with Gasteiger partial charge in [0.2, 0.25) is 0 Å². The van der Waals surface area contributed by atoms with E-state index in [-0.39, 0.29) is 0 Å². The maximum atomic E-state index is 5.60. The lowest BCUT2D eigenvalue weighted by Crippen LogP contribution is -2.45. The minimum Gasteiger partial charge on any atom is -0.384 e. The summed E-state index contributed by atoms with van der Waals surface area (Å²) in [5.74, 6) is 0.733. The van der Waals surface area contributed by atoms with E-state index < -0.39 is 0 Å². The van der Waals surface area contributed by atoms with Crippen molar-refractivity contribution in [2.45, 2.75) is 32.3 Å². The second kappa shape index (κ2) is 8.20. The monoisotopic (exact) mass is 270 g/mol. The zero-order valence-electron chi connectivity index (χ0n) is 12.6. The molecule has 2 rings (SSSR count). The van der Waals surface area contributed by atoms with E-state index in [1.165, 1.54) is 45.4 Å². The highest BCUT2D eigenvalue weighted by molar-refractivity contribution is 4.74. The van der Waals surface area contributed by atoms with Gasteiger partial charge in [-0.15, -0.1) is 0 Å². The summed E-state index contributed by atoms with van der Waals surface area (Å²) in [6.07, 6.45) is 4.44. The molecule has 0 radical (unpaired) electrons. The lowest BCUT2D eigenvalue weighted by molar-refractivity contribution is -0.0210. The summed E-state index contributed by atoms with van der Waals surface area (Å²) < 4.78 is 10.9. The van der Waals surface area contributed by atoms with E-state index in [0.717, 1.165) is 32.2 Å².